The van der Waals surface area contributed by atoms with Crippen LogP contribution >= 0.6 is 24.0 Å². The van der Waals surface area contributed by atoms with Crippen molar-refractivity contribution >= 4 is 35.8 Å². The van der Waals surface area contributed by atoms with Gasteiger partial charge >= 0.3 is 0 Å². The number of nitrogens with zero attached hydrogens (tertiary/aromatic N) is 3. The Labute approximate surface area is 162 Å². The van der Waals surface area contributed by atoms with E-state index in [0.29, 0.717) is 13.0 Å². The molecule has 0 unspecified atom stereocenters. The van der Waals surface area contributed by atoms with Gasteiger partial charge < -0.3 is 16.0 Å². The molecule has 1 heterocycles. The fraction of sp³-hybridized carbons (Fsp3) is 0.688. The third-order valence-corrected chi connectivity index (χ3v) is 3.26. The zero-order valence-electron chi connectivity index (χ0n) is 15.3. The monoisotopic (exact) mass is 450 g/mol. The van der Waals surface area contributed by atoms with E-state index in [4.69, 9.17) is 0 Å². The SMILES string of the molecule is CN=C(NCCCn1nc(C)cc1C)NCCC(=O)NC(C)C.I. The van der Waals surface area contributed by atoms with E-state index in [9.17, 15) is 4.79 Å². The minimum Gasteiger partial charge on any atom is -0.356 e. The van der Waals surface area contributed by atoms with E-state index in [2.05, 4.69) is 39.0 Å². The van der Waals surface area contributed by atoms with Crippen LogP contribution in [-0.2, 0) is 11.3 Å². The average Bonchev–Trinajstić information content (AvgIpc) is 2.78. The van der Waals surface area contributed by atoms with Crippen LogP contribution in [0.2, 0.25) is 0 Å². The topological polar surface area (TPSA) is 83.3 Å². The molecular formula is C16H31IN6O. The van der Waals surface area contributed by atoms with E-state index in [1.807, 2.05) is 25.5 Å². The molecule has 0 fully saturated rings. The predicted molar refractivity (Wildman–Crippen MR) is 109 cm³/mol. The van der Waals surface area contributed by atoms with Gasteiger partial charge in [-0.25, -0.2) is 0 Å². The molecule has 8 heteroatoms. The summed E-state index contributed by atoms with van der Waals surface area (Å²) in [6.45, 7) is 10.2. The number of hydrogen-bond donors (Lipinski definition) is 3. The van der Waals surface area contributed by atoms with E-state index in [-0.39, 0.29) is 35.9 Å². The Kier molecular flexibility index (Phi) is 11.4. The molecule has 1 aromatic heterocycles. The summed E-state index contributed by atoms with van der Waals surface area (Å²) < 4.78 is 2.02. The lowest BCUT2D eigenvalue weighted by Crippen LogP contribution is -2.40. The molecule has 1 rings (SSSR count). The second kappa shape index (κ2) is 12.1. The fourth-order valence-corrected chi connectivity index (χ4v) is 2.25. The van der Waals surface area contributed by atoms with Crippen molar-refractivity contribution in [3.05, 3.63) is 17.5 Å². The van der Waals surface area contributed by atoms with Crippen LogP contribution in [0.1, 0.15) is 38.1 Å². The number of carbonyl (C=O) groups is 1. The molecule has 0 aromatic carbocycles. The molecule has 7 nitrogen and oxygen atoms in total. The first-order valence-corrected chi connectivity index (χ1v) is 8.17. The number of nitrogens with one attached hydrogen (secondary N) is 3. The van der Waals surface area contributed by atoms with Gasteiger partial charge in [-0.15, -0.1) is 24.0 Å². The van der Waals surface area contributed by atoms with Gasteiger partial charge in [0.05, 0.1) is 5.69 Å². The first-order valence-electron chi connectivity index (χ1n) is 8.17. The largest absolute Gasteiger partial charge is 0.356 e. The highest BCUT2D eigenvalue weighted by Crippen LogP contribution is 2.02. The third kappa shape index (κ3) is 9.09. The molecule has 0 atom stereocenters. The zero-order chi connectivity index (χ0) is 17.2. The Hall–Kier alpha value is -1.32. The smallest absolute Gasteiger partial charge is 0.221 e. The van der Waals surface area contributed by atoms with E-state index in [0.717, 1.165) is 31.2 Å². The Balaban J connectivity index is 0.00000529. The highest BCUT2D eigenvalue weighted by Gasteiger charge is 2.04. The minimum absolute atomic E-state index is 0. The van der Waals surface area contributed by atoms with Crippen molar-refractivity contribution in [1.82, 2.24) is 25.7 Å². The van der Waals surface area contributed by atoms with E-state index in [1.165, 1.54) is 5.69 Å². The summed E-state index contributed by atoms with van der Waals surface area (Å²) in [7, 11) is 1.73. The number of aromatic nitrogens is 2. The van der Waals surface area contributed by atoms with Crippen LogP contribution in [0, 0.1) is 13.8 Å². The second-order valence-corrected chi connectivity index (χ2v) is 5.90. The first-order chi connectivity index (χ1) is 10.9. The summed E-state index contributed by atoms with van der Waals surface area (Å²) in [5.74, 6) is 0.767. The standard InChI is InChI=1S/C16H30N6O.HI/c1-12(2)20-15(23)7-9-19-16(17-5)18-8-6-10-22-14(4)11-13(3)21-22;/h11-12H,6-10H2,1-5H3,(H,20,23)(H2,17,18,19);1H. The van der Waals surface area contributed by atoms with Gasteiger partial charge in [-0.3, -0.25) is 14.5 Å². The van der Waals surface area contributed by atoms with Crippen molar-refractivity contribution in [2.75, 3.05) is 20.1 Å². The maximum atomic E-state index is 11.6. The van der Waals surface area contributed by atoms with Crippen molar-refractivity contribution < 1.29 is 4.79 Å². The summed E-state index contributed by atoms with van der Waals surface area (Å²) >= 11 is 0. The molecular weight excluding hydrogens is 419 g/mol. The number of amides is 1. The van der Waals surface area contributed by atoms with Crippen molar-refractivity contribution in [2.45, 2.75) is 53.1 Å². The number of rotatable bonds is 8. The number of aliphatic imine (C=N–C) groups is 1. The van der Waals surface area contributed by atoms with Crippen molar-refractivity contribution in [3.8, 4) is 0 Å². The van der Waals surface area contributed by atoms with Crippen LogP contribution in [0.15, 0.2) is 11.1 Å². The van der Waals surface area contributed by atoms with Crippen molar-refractivity contribution in [1.29, 1.82) is 0 Å². The second-order valence-electron chi connectivity index (χ2n) is 5.90. The minimum atomic E-state index is 0. The molecule has 1 aromatic rings. The summed E-state index contributed by atoms with van der Waals surface area (Å²) in [5, 5.41) is 13.7. The van der Waals surface area contributed by atoms with Crippen LogP contribution < -0.4 is 16.0 Å². The van der Waals surface area contributed by atoms with Crippen LogP contribution in [0.25, 0.3) is 0 Å². The number of halogens is 1. The van der Waals surface area contributed by atoms with Gasteiger partial charge in [-0.1, -0.05) is 0 Å². The van der Waals surface area contributed by atoms with Crippen LogP contribution in [0.3, 0.4) is 0 Å². The first kappa shape index (κ1) is 22.7. The van der Waals surface area contributed by atoms with Gasteiger partial charge in [-0.05, 0) is 40.2 Å². The Morgan fingerprint density at radius 3 is 2.50 bits per heavy atom. The highest BCUT2D eigenvalue weighted by molar-refractivity contribution is 14.0. The van der Waals surface area contributed by atoms with Gasteiger partial charge in [-0.2, -0.15) is 5.10 Å². The Morgan fingerprint density at radius 1 is 1.29 bits per heavy atom. The lowest BCUT2D eigenvalue weighted by molar-refractivity contribution is -0.121. The number of guanidine groups is 1. The molecule has 0 saturated carbocycles. The van der Waals surface area contributed by atoms with Crippen molar-refractivity contribution in [2.24, 2.45) is 4.99 Å². The fourth-order valence-electron chi connectivity index (χ4n) is 2.25. The molecule has 24 heavy (non-hydrogen) atoms. The normalized spacial score (nSPS) is 11.2. The molecule has 1 amide bonds. The highest BCUT2D eigenvalue weighted by atomic mass is 127. The van der Waals surface area contributed by atoms with Gasteiger partial charge in [0.1, 0.15) is 0 Å². The Morgan fingerprint density at radius 2 is 1.96 bits per heavy atom. The van der Waals surface area contributed by atoms with Gasteiger partial charge in [0, 0.05) is 44.8 Å². The molecule has 0 aliphatic heterocycles. The molecule has 0 aliphatic carbocycles. The van der Waals surface area contributed by atoms with Crippen LogP contribution in [-0.4, -0.2) is 47.8 Å². The van der Waals surface area contributed by atoms with Crippen LogP contribution in [0.5, 0.6) is 0 Å². The number of aryl methyl sites for hydroxylation is 3. The van der Waals surface area contributed by atoms with E-state index < -0.39 is 0 Å². The zero-order valence-corrected chi connectivity index (χ0v) is 17.7. The van der Waals surface area contributed by atoms with Gasteiger partial charge in [0.15, 0.2) is 5.96 Å². The molecule has 0 bridgehead atoms. The maximum absolute atomic E-state index is 11.6. The predicted octanol–water partition coefficient (Wildman–Crippen LogP) is 1.59. The van der Waals surface area contributed by atoms with Gasteiger partial charge in [0.2, 0.25) is 5.91 Å². The van der Waals surface area contributed by atoms with E-state index in [1.54, 1.807) is 7.05 Å². The molecule has 0 radical (unpaired) electrons. The van der Waals surface area contributed by atoms with Crippen molar-refractivity contribution in [3.63, 3.8) is 0 Å². The average molecular weight is 450 g/mol. The lowest BCUT2D eigenvalue weighted by atomic mass is 10.3. The molecule has 138 valence electrons. The molecule has 0 spiro atoms. The lowest BCUT2D eigenvalue weighted by Gasteiger charge is -2.13. The third-order valence-electron chi connectivity index (χ3n) is 3.26. The number of carbonyl (C=O) groups excluding carboxylic acids is 1. The summed E-state index contributed by atoms with van der Waals surface area (Å²) in [6.07, 6.45) is 1.39. The summed E-state index contributed by atoms with van der Waals surface area (Å²) in [5.41, 5.74) is 2.23. The summed E-state index contributed by atoms with van der Waals surface area (Å²) in [4.78, 5) is 15.7. The Bertz CT molecular complexity index is 527. The molecule has 0 aliphatic rings. The number of hydrogen-bond acceptors (Lipinski definition) is 3. The van der Waals surface area contributed by atoms with E-state index >= 15 is 0 Å². The molecule has 0 saturated heterocycles. The van der Waals surface area contributed by atoms with Crippen LogP contribution in [0.4, 0.5) is 0 Å². The molecule has 3 N–H and O–H groups in total. The van der Waals surface area contributed by atoms with Gasteiger partial charge in [0.25, 0.3) is 0 Å². The quantitative estimate of drug-likeness (QED) is 0.243. The summed E-state index contributed by atoms with van der Waals surface area (Å²) in [6, 6.07) is 2.25. The maximum Gasteiger partial charge on any atom is 0.221 e.